The van der Waals surface area contributed by atoms with Gasteiger partial charge in [0, 0.05) is 26.1 Å². The third-order valence-corrected chi connectivity index (χ3v) is 3.66. The minimum absolute atomic E-state index is 0.0146. The van der Waals surface area contributed by atoms with Gasteiger partial charge in [0.05, 0.1) is 5.69 Å². The predicted octanol–water partition coefficient (Wildman–Crippen LogP) is 2.20. The number of aromatic nitrogens is 2. The van der Waals surface area contributed by atoms with Crippen LogP contribution in [-0.2, 0) is 11.8 Å². The monoisotopic (exact) mass is 266 g/mol. The minimum Gasteiger partial charge on any atom is -0.315 e. The van der Waals surface area contributed by atoms with Gasteiger partial charge in [-0.1, -0.05) is 12.1 Å². The maximum atomic E-state index is 11.5. The summed E-state index contributed by atoms with van der Waals surface area (Å²) in [5.41, 5.74) is 4.84. The van der Waals surface area contributed by atoms with Crippen molar-refractivity contribution in [3.05, 3.63) is 42.5 Å². The first-order valence-electron chi connectivity index (χ1n) is 6.51. The zero-order valence-electron chi connectivity index (χ0n) is 11.8. The van der Waals surface area contributed by atoms with Crippen LogP contribution in [0.5, 0.6) is 0 Å². The number of hydrogen-bond acceptors (Lipinski definition) is 2. The van der Waals surface area contributed by atoms with Gasteiger partial charge < -0.3 is 4.90 Å². The molecule has 4 nitrogen and oxygen atoms in total. The summed E-state index contributed by atoms with van der Waals surface area (Å²) >= 11 is 0. The minimum atomic E-state index is 0.0146. The number of amides is 1. The van der Waals surface area contributed by atoms with E-state index in [-0.39, 0.29) is 5.91 Å². The van der Waals surface area contributed by atoms with Crippen LogP contribution in [0.4, 0.5) is 5.69 Å². The van der Waals surface area contributed by atoms with Gasteiger partial charge in [-0.15, -0.1) is 0 Å². The number of anilines is 1. The van der Waals surface area contributed by atoms with Crippen molar-refractivity contribution >= 4 is 33.7 Å². The van der Waals surface area contributed by atoms with E-state index < -0.39 is 0 Å². The van der Waals surface area contributed by atoms with E-state index in [0.717, 1.165) is 27.8 Å². The SMILES string of the molecule is CC(=O)N(C)c1ccc2nc3ccccc3[n+](C)c2c1. The smallest absolute Gasteiger partial charge is 0.233 e. The van der Waals surface area contributed by atoms with Crippen LogP contribution in [0.1, 0.15) is 6.92 Å². The van der Waals surface area contributed by atoms with Crippen molar-refractivity contribution in [3.8, 4) is 0 Å². The molecule has 0 bridgehead atoms. The first-order chi connectivity index (χ1) is 9.58. The van der Waals surface area contributed by atoms with Gasteiger partial charge >= 0.3 is 0 Å². The topological polar surface area (TPSA) is 37.1 Å². The molecule has 0 spiro atoms. The van der Waals surface area contributed by atoms with Gasteiger partial charge in [-0.3, -0.25) is 4.79 Å². The summed E-state index contributed by atoms with van der Waals surface area (Å²) < 4.78 is 2.11. The summed E-state index contributed by atoms with van der Waals surface area (Å²) in [4.78, 5) is 17.8. The molecule has 0 unspecified atom stereocenters. The maximum absolute atomic E-state index is 11.5. The Kier molecular flexibility index (Phi) is 2.86. The molecule has 1 amide bonds. The summed E-state index contributed by atoms with van der Waals surface area (Å²) in [5, 5.41) is 0. The lowest BCUT2D eigenvalue weighted by Crippen LogP contribution is -2.31. The number of benzene rings is 2. The molecule has 0 aliphatic rings. The second kappa shape index (κ2) is 4.56. The largest absolute Gasteiger partial charge is 0.315 e. The molecule has 100 valence electrons. The molecule has 0 radical (unpaired) electrons. The van der Waals surface area contributed by atoms with Crippen LogP contribution >= 0.6 is 0 Å². The lowest BCUT2D eigenvalue weighted by molar-refractivity contribution is -0.617. The number of carbonyl (C=O) groups is 1. The van der Waals surface area contributed by atoms with Gasteiger partial charge in [0.25, 0.3) is 0 Å². The van der Waals surface area contributed by atoms with E-state index in [4.69, 9.17) is 0 Å². The van der Waals surface area contributed by atoms with Crippen LogP contribution < -0.4 is 9.47 Å². The molecule has 0 saturated heterocycles. The van der Waals surface area contributed by atoms with Gasteiger partial charge in [0.15, 0.2) is 0 Å². The summed E-state index contributed by atoms with van der Waals surface area (Å²) in [6.45, 7) is 1.56. The lowest BCUT2D eigenvalue weighted by Gasteiger charge is -2.14. The Balaban J connectivity index is 2.31. The van der Waals surface area contributed by atoms with Gasteiger partial charge in [0.2, 0.25) is 16.9 Å². The van der Waals surface area contributed by atoms with Crippen molar-refractivity contribution in [2.24, 2.45) is 7.05 Å². The van der Waals surface area contributed by atoms with Gasteiger partial charge in [0.1, 0.15) is 18.1 Å². The normalized spacial score (nSPS) is 10.9. The zero-order valence-corrected chi connectivity index (χ0v) is 11.8. The van der Waals surface area contributed by atoms with Crippen LogP contribution in [0.25, 0.3) is 22.1 Å². The quantitative estimate of drug-likeness (QED) is 0.500. The number of rotatable bonds is 1. The average Bonchev–Trinajstić information content (AvgIpc) is 2.46. The average molecular weight is 266 g/mol. The first-order valence-corrected chi connectivity index (χ1v) is 6.51. The van der Waals surface area contributed by atoms with Crippen LogP contribution in [0.3, 0.4) is 0 Å². The van der Waals surface area contributed by atoms with Crippen LogP contribution in [0.2, 0.25) is 0 Å². The number of hydrogen-bond donors (Lipinski definition) is 0. The summed E-state index contributed by atoms with van der Waals surface area (Å²) in [6, 6.07) is 13.9. The first kappa shape index (κ1) is 12.5. The highest BCUT2D eigenvalue weighted by atomic mass is 16.2. The molecule has 0 aliphatic carbocycles. The molecule has 1 aromatic heterocycles. The molecule has 2 aromatic carbocycles. The highest BCUT2D eigenvalue weighted by Gasteiger charge is 2.15. The fourth-order valence-corrected chi connectivity index (χ4v) is 2.37. The maximum Gasteiger partial charge on any atom is 0.233 e. The molecule has 0 atom stereocenters. The Hall–Kier alpha value is -2.49. The van der Waals surface area contributed by atoms with Crippen molar-refractivity contribution in [1.29, 1.82) is 0 Å². The Labute approximate surface area is 117 Å². The predicted molar refractivity (Wildman–Crippen MR) is 79.5 cm³/mol. The summed E-state index contributed by atoms with van der Waals surface area (Å²) in [5.74, 6) is 0.0146. The van der Waals surface area contributed by atoms with Crippen molar-refractivity contribution in [2.45, 2.75) is 6.92 Å². The second-order valence-corrected chi connectivity index (χ2v) is 4.91. The van der Waals surface area contributed by atoms with E-state index >= 15 is 0 Å². The molecular weight excluding hydrogens is 250 g/mol. The second-order valence-electron chi connectivity index (χ2n) is 4.91. The van der Waals surface area contributed by atoms with Crippen LogP contribution in [-0.4, -0.2) is 17.9 Å². The van der Waals surface area contributed by atoms with Crippen LogP contribution in [0, 0.1) is 0 Å². The number of fused-ring (bicyclic) bond motifs is 2. The molecule has 20 heavy (non-hydrogen) atoms. The third-order valence-electron chi connectivity index (χ3n) is 3.66. The van der Waals surface area contributed by atoms with E-state index in [0.29, 0.717) is 0 Å². The Morgan fingerprint density at radius 3 is 2.55 bits per heavy atom. The van der Waals surface area contributed by atoms with Crippen molar-refractivity contribution in [1.82, 2.24) is 4.98 Å². The summed E-state index contributed by atoms with van der Waals surface area (Å²) in [7, 11) is 3.79. The molecular formula is C16H16N3O+. The molecule has 1 heterocycles. The van der Waals surface area contributed by atoms with E-state index in [9.17, 15) is 4.79 Å². The molecule has 3 aromatic rings. The van der Waals surface area contributed by atoms with Crippen LogP contribution in [0.15, 0.2) is 42.5 Å². The highest BCUT2D eigenvalue weighted by molar-refractivity contribution is 5.93. The van der Waals surface area contributed by atoms with Gasteiger partial charge in [-0.05, 0) is 18.2 Å². The Morgan fingerprint density at radius 1 is 1.10 bits per heavy atom. The molecule has 0 N–H and O–H groups in total. The van der Waals surface area contributed by atoms with Gasteiger partial charge in [-0.2, -0.15) is 4.57 Å². The number of nitrogens with zero attached hydrogens (tertiary/aromatic N) is 3. The molecule has 0 aliphatic heterocycles. The summed E-state index contributed by atoms with van der Waals surface area (Å²) in [6.07, 6.45) is 0. The van der Waals surface area contributed by atoms with E-state index in [1.54, 1.807) is 18.9 Å². The number of aryl methyl sites for hydroxylation is 1. The molecule has 0 fully saturated rings. The fraction of sp³-hybridized carbons (Fsp3) is 0.188. The third kappa shape index (κ3) is 1.90. The molecule has 0 saturated carbocycles. The molecule has 4 heteroatoms. The highest BCUT2D eigenvalue weighted by Crippen LogP contribution is 2.20. The number of carbonyl (C=O) groups excluding carboxylic acids is 1. The van der Waals surface area contributed by atoms with Gasteiger partial charge in [-0.25, -0.2) is 4.98 Å². The van der Waals surface area contributed by atoms with Crippen molar-refractivity contribution < 1.29 is 9.36 Å². The zero-order chi connectivity index (χ0) is 14.3. The van der Waals surface area contributed by atoms with Crippen molar-refractivity contribution in [3.63, 3.8) is 0 Å². The van der Waals surface area contributed by atoms with Crippen molar-refractivity contribution in [2.75, 3.05) is 11.9 Å². The van der Waals surface area contributed by atoms with E-state index in [1.165, 1.54) is 0 Å². The fourth-order valence-electron chi connectivity index (χ4n) is 2.37. The van der Waals surface area contributed by atoms with E-state index in [1.807, 2.05) is 49.5 Å². The Bertz CT molecular complexity index is 826. The Morgan fingerprint density at radius 2 is 1.80 bits per heavy atom. The lowest BCUT2D eigenvalue weighted by atomic mass is 10.2. The molecule has 3 rings (SSSR count). The standard InChI is InChI=1S/C16H16N3O/c1-11(20)18(2)12-8-9-14-16(10-12)19(3)15-7-5-4-6-13(15)17-14/h4-10H,1-3H3/q+1. The number of para-hydroxylation sites is 2. The van der Waals surface area contributed by atoms with E-state index in [2.05, 4.69) is 9.55 Å².